The first-order valence-electron chi connectivity index (χ1n) is 7.99. The molecule has 1 atom stereocenters. The Morgan fingerprint density at radius 3 is 2.61 bits per heavy atom. The summed E-state index contributed by atoms with van der Waals surface area (Å²) < 4.78 is 50.3. The van der Waals surface area contributed by atoms with Crippen LogP contribution in [0.1, 0.15) is 17.1 Å². The average molecular weight is 446 g/mol. The van der Waals surface area contributed by atoms with Crippen LogP contribution in [0.2, 0.25) is 0 Å². The zero-order chi connectivity index (χ0) is 20.6. The number of aromatic hydroxyl groups is 1. The second-order valence-electron chi connectivity index (χ2n) is 6.11. The van der Waals surface area contributed by atoms with Crippen LogP contribution >= 0.6 is 22.5 Å². The van der Waals surface area contributed by atoms with Gasteiger partial charge in [0.15, 0.2) is 21.1 Å². The van der Waals surface area contributed by atoms with Gasteiger partial charge in [-0.05, 0) is 25.5 Å². The van der Waals surface area contributed by atoms with Crippen LogP contribution in [-0.2, 0) is 16.6 Å². The van der Waals surface area contributed by atoms with E-state index in [1.807, 2.05) is 19.9 Å². The molecular formula is C15H19N5O5S3. The minimum Gasteiger partial charge on any atom is -0.546 e. The number of anilines is 3. The van der Waals surface area contributed by atoms with E-state index in [1.54, 1.807) is 0 Å². The highest BCUT2D eigenvalue weighted by Crippen LogP contribution is 2.41. The predicted octanol–water partition coefficient (Wildman–Crippen LogP) is 2.79. The molecule has 0 aliphatic carbocycles. The molecule has 28 heavy (non-hydrogen) atoms. The molecule has 0 saturated carbocycles. The summed E-state index contributed by atoms with van der Waals surface area (Å²) in [5.74, 6) is 1.38. The van der Waals surface area contributed by atoms with Crippen LogP contribution in [0.5, 0.6) is 5.75 Å². The molecule has 0 aliphatic heterocycles. The third-order valence-electron chi connectivity index (χ3n) is 3.91. The van der Waals surface area contributed by atoms with Gasteiger partial charge in [0.1, 0.15) is 11.5 Å². The molecule has 10 nitrogen and oxygen atoms in total. The van der Waals surface area contributed by atoms with E-state index in [9.17, 15) is 18.1 Å². The van der Waals surface area contributed by atoms with E-state index in [0.29, 0.717) is 12.3 Å². The number of rotatable bonds is 7. The molecule has 0 spiro atoms. The smallest absolute Gasteiger partial charge is 0.255 e. The topological polar surface area (TPSA) is 144 Å². The number of hydrogen-bond acceptors (Lipinski definition) is 10. The van der Waals surface area contributed by atoms with E-state index >= 15 is 0 Å². The highest BCUT2D eigenvalue weighted by Gasteiger charge is 2.27. The summed E-state index contributed by atoms with van der Waals surface area (Å²) in [5.41, 5.74) is 1.14. The van der Waals surface area contributed by atoms with Crippen molar-refractivity contribution in [2.75, 3.05) is 24.7 Å². The first-order chi connectivity index (χ1) is 13.1. The SMILES string of the molecule is Cc1cc(CNc2n[s+]([O-])nc2Nc2csc(S(=O)(=O)N(C)C)c2O)oc1C. The van der Waals surface area contributed by atoms with Crippen molar-refractivity contribution in [3.05, 3.63) is 28.5 Å². The van der Waals surface area contributed by atoms with Crippen molar-refractivity contribution in [3.8, 4) is 5.75 Å². The number of furan rings is 1. The van der Waals surface area contributed by atoms with Crippen molar-refractivity contribution in [1.29, 1.82) is 0 Å². The van der Waals surface area contributed by atoms with E-state index < -0.39 is 26.9 Å². The normalized spacial score (nSPS) is 12.6. The summed E-state index contributed by atoms with van der Waals surface area (Å²) >= 11 is -0.959. The number of aromatic nitrogens is 2. The Bertz CT molecular complexity index is 1080. The molecule has 3 aromatic rings. The van der Waals surface area contributed by atoms with Gasteiger partial charge in [-0.3, -0.25) is 0 Å². The number of sulfonamides is 1. The van der Waals surface area contributed by atoms with Crippen molar-refractivity contribution < 1.29 is 22.5 Å². The summed E-state index contributed by atoms with van der Waals surface area (Å²) in [6.07, 6.45) is 0. The Balaban J connectivity index is 1.81. The van der Waals surface area contributed by atoms with E-state index in [2.05, 4.69) is 19.4 Å². The largest absolute Gasteiger partial charge is 0.546 e. The van der Waals surface area contributed by atoms with E-state index in [0.717, 1.165) is 27.0 Å². The van der Waals surface area contributed by atoms with Gasteiger partial charge in [-0.2, -0.15) is 0 Å². The molecule has 152 valence electrons. The minimum atomic E-state index is -3.79. The first kappa shape index (κ1) is 20.5. The van der Waals surface area contributed by atoms with Crippen molar-refractivity contribution in [1.82, 2.24) is 13.1 Å². The first-order valence-corrected chi connectivity index (χ1v) is 11.4. The van der Waals surface area contributed by atoms with Gasteiger partial charge in [-0.1, -0.05) is 0 Å². The number of hydrogen-bond donors (Lipinski definition) is 3. The molecule has 3 N–H and O–H groups in total. The summed E-state index contributed by atoms with van der Waals surface area (Å²) in [6.45, 7) is 4.08. The maximum absolute atomic E-state index is 12.2. The van der Waals surface area contributed by atoms with E-state index in [4.69, 9.17) is 4.42 Å². The molecule has 3 aromatic heterocycles. The average Bonchev–Trinajstić information content (AvgIpc) is 3.25. The molecular weight excluding hydrogens is 426 g/mol. The van der Waals surface area contributed by atoms with Gasteiger partial charge in [0, 0.05) is 28.2 Å². The second kappa shape index (κ2) is 7.67. The molecule has 13 heteroatoms. The van der Waals surface area contributed by atoms with Crippen molar-refractivity contribution in [2.45, 2.75) is 24.6 Å². The van der Waals surface area contributed by atoms with Gasteiger partial charge >= 0.3 is 0 Å². The standard InChI is InChI=1S/C15H19N5O5S3/c1-8-5-10(25-9(8)2)6-16-13-14(19-27(22)18-13)17-11-7-26-15(12(11)21)28(23,24)20(3)4/h5,7,21H,6H2,1-4H3,(H,16,18)(H,17,19). The summed E-state index contributed by atoms with van der Waals surface area (Å²) in [6, 6.07) is 1.88. The highest BCUT2D eigenvalue weighted by molar-refractivity contribution is 7.91. The molecule has 0 bridgehead atoms. The predicted molar refractivity (Wildman–Crippen MR) is 106 cm³/mol. The maximum Gasteiger partial charge on any atom is 0.255 e. The second-order valence-corrected chi connectivity index (χ2v) is 10.2. The molecule has 0 amide bonds. The van der Waals surface area contributed by atoms with E-state index in [1.165, 1.54) is 19.5 Å². The van der Waals surface area contributed by atoms with Gasteiger partial charge in [0.05, 0.1) is 12.2 Å². The van der Waals surface area contributed by atoms with Gasteiger partial charge < -0.3 is 24.7 Å². The fraction of sp³-hybridized carbons (Fsp3) is 0.333. The Hall–Kier alpha value is -2.19. The minimum absolute atomic E-state index is 0.125. The molecule has 0 aromatic carbocycles. The van der Waals surface area contributed by atoms with Crippen molar-refractivity contribution in [3.63, 3.8) is 0 Å². The van der Waals surface area contributed by atoms with Gasteiger partial charge in [0.2, 0.25) is 11.6 Å². The monoisotopic (exact) mass is 445 g/mol. The van der Waals surface area contributed by atoms with Crippen LogP contribution in [-0.4, -0.2) is 45.2 Å². The fourth-order valence-electron chi connectivity index (χ4n) is 2.27. The van der Waals surface area contributed by atoms with Crippen LogP contribution in [0.4, 0.5) is 17.3 Å². The molecule has 1 unspecified atom stereocenters. The highest BCUT2D eigenvalue weighted by atomic mass is 32.2. The summed E-state index contributed by atoms with van der Waals surface area (Å²) in [5, 5.41) is 17.5. The van der Waals surface area contributed by atoms with Gasteiger partial charge in [-0.15, -0.1) is 11.3 Å². The van der Waals surface area contributed by atoms with Crippen LogP contribution < -0.4 is 10.6 Å². The third-order valence-corrected chi connectivity index (χ3v) is 7.89. The van der Waals surface area contributed by atoms with Crippen LogP contribution in [0.3, 0.4) is 0 Å². The van der Waals surface area contributed by atoms with Crippen LogP contribution in [0.25, 0.3) is 0 Å². The Morgan fingerprint density at radius 2 is 2.00 bits per heavy atom. The quantitative estimate of drug-likeness (QED) is 0.468. The molecule has 0 radical (unpaired) electrons. The maximum atomic E-state index is 12.2. The Morgan fingerprint density at radius 1 is 1.32 bits per heavy atom. The zero-order valence-electron chi connectivity index (χ0n) is 15.5. The lowest BCUT2D eigenvalue weighted by atomic mass is 10.3. The van der Waals surface area contributed by atoms with Gasteiger partial charge in [-0.25, -0.2) is 12.7 Å². The number of thiophene rings is 1. The molecule has 0 aliphatic rings. The number of aryl methyl sites for hydroxylation is 2. The van der Waals surface area contributed by atoms with Crippen molar-refractivity contribution in [2.24, 2.45) is 0 Å². The lowest BCUT2D eigenvalue weighted by Gasteiger charge is -2.09. The summed E-state index contributed by atoms with van der Waals surface area (Å²) in [4.78, 5) is 0. The van der Waals surface area contributed by atoms with Crippen LogP contribution in [0.15, 0.2) is 20.1 Å². The Labute approximate surface area is 169 Å². The zero-order valence-corrected chi connectivity index (χ0v) is 18.0. The fourth-order valence-corrected chi connectivity index (χ4v) is 5.29. The van der Waals surface area contributed by atoms with Crippen molar-refractivity contribution >= 4 is 49.8 Å². The van der Waals surface area contributed by atoms with Crippen LogP contribution in [0, 0.1) is 13.8 Å². The number of nitrogens with zero attached hydrogens (tertiary/aromatic N) is 3. The lowest BCUT2D eigenvalue weighted by Crippen LogP contribution is -2.21. The lowest BCUT2D eigenvalue weighted by molar-refractivity contribution is 0.460. The summed E-state index contributed by atoms with van der Waals surface area (Å²) in [7, 11) is -1.04. The molecule has 0 saturated heterocycles. The molecule has 3 heterocycles. The van der Waals surface area contributed by atoms with Gasteiger partial charge in [0.25, 0.3) is 10.0 Å². The molecule has 3 rings (SSSR count). The third kappa shape index (κ3) is 3.98. The number of nitrogens with one attached hydrogen (secondary N) is 2. The Kier molecular flexibility index (Phi) is 5.63. The molecule has 0 fully saturated rings. The van der Waals surface area contributed by atoms with E-state index in [-0.39, 0.29) is 21.5 Å².